The lowest BCUT2D eigenvalue weighted by molar-refractivity contribution is -0.134. The van der Waals surface area contributed by atoms with E-state index in [1.54, 1.807) is 0 Å². The normalized spacial score (nSPS) is 23.1. The summed E-state index contributed by atoms with van der Waals surface area (Å²) in [5, 5.41) is 1.95. The highest BCUT2D eigenvalue weighted by Gasteiger charge is 2.39. The average molecular weight is 329 g/mol. The Labute approximate surface area is 144 Å². The number of rotatable bonds is 6. The maximum Gasteiger partial charge on any atom is 0.250 e. The molecular formula is C19H27N3O2. The standard InChI is InChI=1S/C19H27N3O2/c1-4-24-16-7-5-15(6-8-16)17-13-18-19(23)21(10-9-14(2)3)11-12-22(18)20-17/h5-8,11-12,14,17-18,20H,4,9-10,13H2,1-3H3. The monoisotopic (exact) mass is 329 g/mol. The van der Waals surface area contributed by atoms with E-state index >= 15 is 0 Å². The van der Waals surface area contributed by atoms with E-state index in [0.29, 0.717) is 12.5 Å². The summed E-state index contributed by atoms with van der Waals surface area (Å²) in [7, 11) is 0. The first kappa shape index (κ1) is 16.8. The first-order valence-corrected chi connectivity index (χ1v) is 8.84. The van der Waals surface area contributed by atoms with E-state index in [4.69, 9.17) is 4.74 Å². The molecule has 2 unspecified atom stereocenters. The van der Waals surface area contributed by atoms with Crippen LogP contribution in [0.5, 0.6) is 5.75 Å². The summed E-state index contributed by atoms with van der Waals surface area (Å²) < 4.78 is 5.49. The molecule has 5 nitrogen and oxygen atoms in total. The Bertz CT molecular complexity index is 597. The van der Waals surface area contributed by atoms with Crippen LogP contribution in [0.2, 0.25) is 0 Å². The van der Waals surface area contributed by atoms with Crippen molar-refractivity contribution in [2.24, 2.45) is 5.92 Å². The Kier molecular flexibility index (Phi) is 5.09. The third-order valence-corrected chi connectivity index (χ3v) is 4.62. The Balaban J connectivity index is 1.65. The van der Waals surface area contributed by atoms with Crippen molar-refractivity contribution in [1.29, 1.82) is 0 Å². The third kappa shape index (κ3) is 3.56. The van der Waals surface area contributed by atoms with Crippen molar-refractivity contribution < 1.29 is 9.53 Å². The lowest BCUT2D eigenvalue weighted by Crippen LogP contribution is -2.48. The molecule has 1 aromatic rings. The van der Waals surface area contributed by atoms with E-state index in [1.165, 1.54) is 5.56 Å². The molecular weight excluding hydrogens is 302 g/mol. The van der Waals surface area contributed by atoms with Crippen LogP contribution in [-0.4, -0.2) is 35.0 Å². The van der Waals surface area contributed by atoms with Crippen LogP contribution < -0.4 is 10.2 Å². The summed E-state index contributed by atoms with van der Waals surface area (Å²) in [4.78, 5) is 14.6. The van der Waals surface area contributed by atoms with Gasteiger partial charge in [0.15, 0.2) is 0 Å². The molecule has 24 heavy (non-hydrogen) atoms. The number of hydrogen-bond acceptors (Lipinski definition) is 4. The number of ether oxygens (including phenoxy) is 1. The number of carbonyl (C=O) groups excluding carboxylic acids is 1. The molecule has 0 aromatic heterocycles. The van der Waals surface area contributed by atoms with Gasteiger partial charge in [0.1, 0.15) is 11.8 Å². The van der Waals surface area contributed by atoms with Crippen LogP contribution >= 0.6 is 0 Å². The molecule has 2 aliphatic rings. The molecule has 0 saturated carbocycles. The van der Waals surface area contributed by atoms with Gasteiger partial charge in [-0.1, -0.05) is 26.0 Å². The van der Waals surface area contributed by atoms with Gasteiger partial charge >= 0.3 is 0 Å². The predicted molar refractivity (Wildman–Crippen MR) is 94.0 cm³/mol. The molecule has 5 heteroatoms. The summed E-state index contributed by atoms with van der Waals surface area (Å²) in [6.45, 7) is 7.81. The number of fused-ring (bicyclic) bond motifs is 1. The molecule has 130 valence electrons. The van der Waals surface area contributed by atoms with Gasteiger partial charge < -0.3 is 14.6 Å². The second-order valence-corrected chi connectivity index (χ2v) is 6.85. The zero-order chi connectivity index (χ0) is 17.1. The first-order valence-electron chi connectivity index (χ1n) is 8.84. The van der Waals surface area contributed by atoms with Crippen molar-refractivity contribution in [3.8, 4) is 5.75 Å². The lowest BCUT2D eigenvalue weighted by atomic mass is 10.0. The second-order valence-electron chi connectivity index (χ2n) is 6.85. The van der Waals surface area contributed by atoms with Crippen molar-refractivity contribution in [2.45, 2.75) is 45.7 Å². The second kappa shape index (κ2) is 7.26. The molecule has 1 N–H and O–H groups in total. The van der Waals surface area contributed by atoms with Crippen molar-refractivity contribution >= 4 is 5.91 Å². The fraction of sp³-hybridized carbons (Fsp3) is 0.526. The van der Waals surface area contributed by atoms with Crippen LogP contribution in [0.4, 0.5) is 0 Å². The minimum atomic E-state index is -0.112. The molecule has 1 fully saturated rings. The van der Waals surface area contributed by atoms with Gasteiger partial charge in [0.2, 0.25) is 0 Å². The van der Waals surface area contributed by atoms with E-state index in [1.807, 2.05) is 41.4 Å². The highest BCUT2D eigenvalue weighted by molar-refractivity contribution is 5.84. The van der Waals surface area contributed by atoms with E-state index < -0.39 is 0 Å². The number of nitrogens with zero attached hydrogens (tertiary/aromatic N) is 2. The molecule has 3 rings (SSSR count). The first-order chi connectivity index (χ1) is 11.6. The van der Waals surface area contributed by atoms with Gasteiger partial charge in [0.05, 0.1) is 12.6 Å². The van der Waals surface area contributed by atoms with Gasteiger partial charge in [0.25, 0.3) is 5.91 Å². The van der Waals surface area contributed by atoms with E-state index in [2.05, 4.69) is 31.4 Å². The number of hydrogen-bond donors (Lipinski definition) is 1. The highest BCUT2D eigenvalue weighted by atomic mass is 16.5. The molecule has 1 amide bonds. The summed E-state index contributed by atoms with van der Waals surface area (Å²) in [5.74, 6) is 1.68. The summed E-state index contributed by atoms with van der Waals surface area (Å²) in [5.41, 5.74) is 4.62. The van der Waals surface area contributed by atoms with Crippen LogP contribution in [0.15, 0.2) is 36.7 Å². The largest absolute Gasteiger partial charge is 0.494 e. The van der Waals surface area contributed by atoms with Crippen molar-refractivity contribution in [3.63, 3.8) is 0 Å². The van der Waals surface area contributed by atoms with Crippen LogP contribution in [0.1, 0.15) is 45.2 Å². The Morgan fingerprint density at radius 2 is 2.00 bits per heavy atom. The average Bonchev–Trinajstić information content (AvgIpc) is 3.00. The highest BCUT2D eigenvalue weighted by Crippen LogP contribution is 2.31. The van der Waals surface area contributed by atoms with Gasteiger partial charge in [-0.05, 0) is 43.4 Å². The lowest BCUT2D eigenvalue weighted by Gasteiger charge is -2.32. The van der Waals surface area contributed by atoms with Crippen molar-refractivity contribution in [3.05, 3.63) is 42.2 Å². The van der Waals surface area contributed by atoms with Crippen molar-refractivity contribution in [2.75, 3.05) is 13.2 Å². The number of hydrazine groups is 1. The minimum Gasteiger partial charge on any atom is -0.494 e. The topological polar surface area (TPSA) is 44.8 Å². The maximum atomic E-state index is 12.7. The van der Waals surface area contributed by atoms with Gasteiger partial charge in [-0.15, -0.1) is 0 Å². The molecule has 2 heterocycles. The van der Waals surface area contributed by atoms with Crippen molar-refractivity contribution in [1.82, 2.24) is 15.3 Å². The van der Waals surface area contributed by atoms with E-state index in [-0.39, 0.29) is 18.0 Å². The Morgan fingerprint density at radius 3 is 2.67 bits per heavy atom. The van der Waals surface area contributed by atoms with Gasteiger partial charge in [0, 0.05) is 18.9 Å². The fourth-order valence-electron chi connectivity index (χ4n) is 3.20. The Hall–Kier alpha value is -2.01. The number of benzene rings is 1. The number of carbonyl (C=O) groups is 1. The quantitative estimate of drug-likeness (QED) is 0.871. The number of amides is 1. The van der Waals surface area contributed by atoms with Gasteiger partial charge in [-0.25, -0.2) is 5.43 Å². The maximum absolute atomic E-state index is 12.7. The molecule has 0 bridgehead atoms. The molecule has 1 aromatic carbocycles. The van der Waals surface area contributed by atoms with Crippen LogP contribution in [0, 0.1) is 5.92 Å². The summed E-state index contributed by atoms with van der Waals surface area (Å²) in [6.07, 6.45) is 5.70. The van der Waals surface area contributed by atoms with E-state index in [0.717, 1.165) is 25.1 Å². The zero-order valence-electron chi connectivity index (χ0n) is 14.7. The van der Waals surface area contributed by atoms with Gasteiger partial charge in [-0.2, -0.15) is 0 Å². The Morgan fingerprint density at radius 1 is 1.25 bits per heavy atom. The summed E-state index contributed by atoms with van der Waals surface area (Å²) in [6, 6.07) is 8.18. The molecule has 0 spiro atoms. The van der Waals surface area contributed by atoms with E-state index in [9.17, 15) is 4.79 Å². The van der Waals surface area contributed by atoms with Crippen LogP contribution in [0.25, 0.3) is 0 Å². The molecule has 0 radical (unpaired) electrons. The number of nitrogens with one attached hydrogen (secondary N) is 1. The molecule has 0 aliphatic carbocycles. The summed E-state index contributed by atoms with van der Waals surface area (Å²) >= 11 is 0. The fourth-order valence-corrected chi connectivity index (χ4v) is 3.20. The molecule has 2 atom stereocenters. The van der Waals surface area contributed by atoms with Gasteiger partial charge in [-0.3, -0.25) is 4.79 Å². The van der Waals surface area contributed by atoms with Crippen LogP contribution in [-0.2, 0) is 4.79 Å². The predicted octanol–water partition coefficient (Wildman–Crippen LogP) is 3.06. The molecule has 2 aliphatic heterocycles. The SMILES string of the molecule is CCOc1ccc(C2CC3C(=O)N(CCC(C)C)C=CN3N2)cc1. The minimum absolute atomic E-state index is 0.112. The van der Waals surface area contributed by atoms with Crippen LogP contribution in [0.3, 0.4) is 0 Å². The zero-order valence-corrected chi connectivity index (χ0v) is 14.7. The third-order valence-electron chi connectivity index (χ3n) is 4.62. The smallest absolute Gasteiger partial charge is 0.250 e. The molecule has 1 saturated heterocycles.